The summed E-state index contributed by atoms with van der Waals surface area (Å²) in [5.74, 6) is 0. The van der Waals surface area contributed by atoms with Crippen molar-refractivity contribution in [3.05, 3.63) is 0 Å². The van der Waals surface area contributed by atoms with E-state index < -0.39 is 20.7 Å². The molecule has 0 aliphatic carbocycles. The number of hydrogen-bond donors (Lipinski definition) is 2. The Balaban J connectivity index is 4.05. The fourth-order valence-corrected chi connectivity index (χ4v) is 0.664. The lowest BCUT2D eigenvalue weighted by Crippen LogP contribution is -2.18. The van der Waals surface area contributed by atoms with Crippen molar-refractivity contribution in [2.45, 2.75) is 0 Å². The molecule has 0 bridgehead atoms. The SMILES string of the molecule is NS(=O)(=O)OOS(=O)(=O)O. The molecule has 0 amide bonds. The molecule has 10 heteroatoms. The zero-order valence-electron chi connectivity index (χ0n) is 4.29. The quantitative estimate of drug-likeness (QED) is 0.299. The van der Waals surface area contributed by atoms with Gasteiger partial charge in [-0.3, -0.25) is 4.55 Å². The first kappa shape index (κ1) is 9.74. The van der Waals surface area contributed by atoms with E-state index in [9.17, 15) is 16.8 Å². The van der Waals surface area contributed by atoms with E-state index in [0.29, 0.717) is 0 Å². The standard InChI is InChI=1S/H3NO7S2/c1-9(2,3)7-8-10(4,5)6/h(H2,1,2,3)(H,4,5,6). The molecule has 0 fully saturated rings. The summed E-state index contributed by atoms with van der Waals surface area (Å²) >= 11 is 0. The minimum atomic E-state index is -4.94. The normalized spacial score (nSPS) is 13.4. The summed E-state index contributed by atoms with van der Waals surface area (Å²) in [5.41, 5.74) is 0. The Kier molecular flexibility index (Phi) is 2.70. The Labute approximate surface area is 56.7 Å². The first-order chi connectivity index (χ1) is 4.21. The van der Waals surface area contributed by atoms with E-state index in [2.05, 4.69) is 13.8 Å². The van der Waals surface area contributed by atoms with Gasteiger partial charge in [-0.1, -0.05) is 8.67 Å². The molecule has 0 aromatic carbocycles. The van der Waals surface area contributed by atoms with Crippen molar-refractivity contribution < 1.29 is 30.1 Å². The fraction of sp³-hybridized carbons (Fsp3) is 0. The first-order valence-electron chi connectivity index (χ1n) is 1.58. The van der Waals surface area contributed by atoms with Gasteiger partial charge in [-0.25, -0.2) is 5.14 Å². The number of nitrogens with two attached hydrogens (primary N) is 1. The fourth-order valence-electron chi connectivity index (χ4n) is 0.0738. The maximum absolute atomic E-state index is 9.73. The highest BCUT2D eigenvalue weighted by atomic mass is 32.3. The van der Waals surface area contributed by atoms with Gasteiger partial charge in [-0.05, 0) is 0 Å². The summed E-state index contributed by atoms with van der Waals surface area (Å²) in [6.07, 6.45) is 0. The van der Waals surface area contributed by atoms with E-state index in [1.807, 2.05) is 0 Å². The highest BCUT2D eigenvalue weighted by molar-refractivity contribution is 7.85. The van der Waals surface area contributed by atoms with E-state index in [1.54, 1.807) is 0 Å². The van der Waals surface area contributed by atoms with Crippen LogP contribution in [0.1, 0.15) is 0 Å². The predicted molar refractivity (Wildman–Crippen MR) is 26.8 cm³/mol. The number of rotatable bonds is 3. The van der Waals surface area contributed by atoms with Gasteiger partial charge in [-0.15, -0.1) is 0 Å². The molecule has 8 nitrogen and oxygen atoms in total. The van der Waals surface area contributed by atoms with Gasteiger partial charge in [0.05, 0.1) is 0 Å². The minimum absolute atomic E-state index is 2.91. The molecule has 0 saturated heterocycles. The maximum Gasteiger partial charge on any atom is 0.425 e. The molecule has 0 rings (SSSR count). The van der Waals surface area contributed by atoms with Crippen LogP contribution in [0, 0.1) is 0 Å². The Morgan fingerprint density at radius 2 is 1.50 bits per heavy atom. The monoisotopic (exact) mass is 193 g/mol. The highest BCUT2D eigenvalue weighted by Gasteiger charge is 2.11. The largest absolute Gasteiger partial charge is 0.425 e. The number of hydrogen-bond acceptors (Lipinski definition) is 6. The van der Waals surface area contributed by atoms with Gasteiger partial charge in [0.1, 0.15) is 0 Å². The molecular weight excluding hydrogens is 190 g/mol. The topological polar surface area (TPSA) is 133 Å². The highest BCUT2D eigenvalue weighted by Crippen LogP contribution is 1.90. The van der Waals surface area contributed by atoms with Crippen LogP contribution >= 0.6 is 0 Å². The average Bonchev–Trinajstić information content (AvgIpc) is 1.57. The summed E-state index contributed by atoms with van der Waals surface area (Å²) in [6, 6.07) is 0. The Morgan fingerprint density at radius 1 is 1.10 bits per heavy atom. The van der Waals surface area contributed by atoms with Crippen LogP contribution in [-0.2, 0) is 29.4 Å². The molecule has 0 unspecified atom stereocenters. The zero-order chi connectivity index (χ0) is 8.41. The van der Waals surface area contributed by atoms with E-state index in [0.717, 1.165) is 0 Å². The molecule has 0 aliphatic rings. The molecule has 0 heterocycles. The van der Waals surface area contributed by atoms with Crippen LogP contribution in [0.2, 0.25) is 0 Å². The molecule has 0 spiro atoms. The zero-order valence-corrected chi connectivity index (χ0v) is 5.92. The third kappa shape index (κ3) is 7.74. The van der Waals surface area contributed by atoms with E-state index in [4.69, 9.17) is 4.55 Å². The van der Waals surface area contributed by atoms with Crippen LogP contribution in [0.3, 0.4) is 0 Å². The minimum Gasteiger partial charge on any atom is -0.262 e. The summed E-state index contributed by atoms with van der Waals surface area (Å²) in [7, 11) is -9.46. The van der Waals surface area contributed by atoms with Crippen molar-refractivity contribution in [2.75, 3.05) is 0 Å². The van der Waals surface area contributed by atoms with Gasteiger partial charge >= 0.3 is 20.7 Å². The van der Waals surface area contributed by atoms with E-state index in [1.165, 1.54) is 0 Å². The molecular formula is H3NO7S2. The van der Waals surface area contributed by atoms with Gasteiger partial charge < -0.3 is 0 Å². The first-order valence-corrected chi connectivity index (χ1v) is 4.42. The van der Waals surface area contributed by atoms with Gasteiger partial charge in [0.25, 0.3) is 0 Å². The molecule has 0 saturated carbocycles. The molecule has 10 heavy (non-hydrogen) atoms. The lowest BCUT2D eigenvalue weighted by Gasteiger charge is -1.93. The van der Waals surface area contributed by atoms with Crippen LogP contribution in [0.4, 0.5) is 0 Å². The van der Waals surface area contributed by atoms with Crippen LogP contribution in [0.5, 0.6) is 0 Å². The van der Waals surface area contributed by atoms with Crippen molar-refractivity contribution in [3.63, 3.8) is 0 Å². The predicted octanol–water partition coefficient (Wildman–Crippen LogP) is -2.06. The van der Waals surface area contributed by atoms with Crippen LogP contribution in [-0.4, -0.2) is 21.4 Å². The third-order valence-corrected chi connectivity index (χ3v) is 0.792. The second kappa shape index (κ2) is 2.77. The molecule has 0 aromatic heterocycles. The lowest BCUT2D eigenvalue weighted by atomic mass is 13.9. The Hall–Kier alpha value is -0.260. The summed E-state index contributed by atoms with van der Waals surface area (Å²) in [6.45, 7) is 0. The molecule has 0 aliphatic heterocycles. The Bertz CT molecular complexity index is 248. The Morgan fingerprint density at radius 3 is 1.60 bits per heavy atom. The van der Waals surface area contributed by atoms with Crippen LogP contribution in [0.15, 0.2) is 0 Å². The molecule has 0 aromatic rings. The third-order valence-electron chi connectivity index (χ3n) is 0.209. The maximum atomic E-state index is 9.73. The van der Waals surface area contributed by atoms with E-state index in [-0.39, 0.29) is 0 Å². The molecule has 62 valence electrons. The van der Waals surface area contributed by atoms with Gasteiger partial charge in [-0.2, -0.15) is 16.8 Å². The molecule has 3 N–H and O–H groups in total. The second-order valence-corrected chi connectivity index (χ2v) is 3.17. The van der Waals surface area contributed by atoms with Crippen molar-refractivity contribution >= 4 is 20.7 Å². The summed E-state index contributed by atoms with van der Waals surface area (Å²) in [5, 5.41) is 4.09. The average molecular weight is 193 g/mol. The molecule has 0 atom stereocenters. The molecule has 0 radical (unpaired) electrons. The van der Waals surface area contributed by atoms with Crippen LogP contribution < -0.4 is 5.14 Å². The van der Waals surface area contributed by atoms with Crippen molar-refractivity contribution in [3.8, 4) is 0 Å². The van der Waals surface area contributed by atoms with Crippen molar-refractivity contribution in [1.29, 1.82) is 0 Å². The van der Waals surface area contributed by atoms with Crippen molar-refractivity contribution in [2.24, 2.45) is 5.14 Å². The second-order valence-electron chi connectivity index (χ2n) is 1.06. The summed E-state index contributed by atoms with van der Waals surface area (Å²) in [4.78, 5) is 0. The summed E-state index contributed by atoms with van der Waals surface area (Å²) < 4.78 is 52.2. The van der Waals surface area contributed by atoms with Gasteiger partial charge in [0.2, 0.25) is 0 Å². The van der Waals surface area contributed by atoms with Crippen molar-refractivity contribution in [1.82, 2.24) is 0 Å². The lowest BCUT2D eigenvalue weighted by molar-refractivity contribution is -0.0952. The van der Waals surface area contributed by atoms with Gasteiger partial charge in [0, 0.05) is 0 Å². The van der Waals surface area contributed by atoms with Gasteiger partial charge in [0.15, 0.2) is 0 Å². The van der Waals surface area contributed by atoms with E-state index >= 15 is 0 Å². The van der Waals surface area contributed by atoms with Crippen LogP contribution in [0.25, 0.3) is 0 Å². The smallest absolute Gasteiger partial charge is 0.262 e.